The van der Waals surface area contributed by atoms with Crippen molar-refractivity contribution in [1.29, 1.82) is 0 Å². The number of rotatable bonds is 3. The molecule has 2 nitrogen and oxygen atoms in total. The molecule has 0 atom stereocenters. The van der Waals surface area contributed by atoms with Gasteiger partial charge in [-0.2, -0.15) is 4.99 Å². The molecule has 0 bridgehead atoms. The van der Waals surface area contributed by atoms with Gasteiger partial charge in [-0.25, -0.2) is 4.79 Å². The minimum absolute atomic E-state index is 0.313. The fourth-order valence-corrected chi connectivity index (χ4v) is 2.68. The average Bonchev–Trinajstić information content (AvgIpc) is 2.44. The molecule has 0 aliphatic heterocycles. The van der Waals surface area contributed by atoms with Gasteiger partial charge in [0.05, 0.1) is 5.54 Å². The fourth-order valence-electron chi connectivity index (χ4n) is 2.68. The van der Waals surface area contributed by atoms with Crippen LogP contribution in [0.25, 0.3) is 11.1 Å². The van der Waals surface area contributed by atoms with Crippen molar-refractivity contribution in [2.75, 3.05) is 0 Å². The van der Waals surface area contributed by atoms with Crippen LogP contribution in [-0.2, 0) is 10.3 Å². The van der Waals surface area contributed by atoms with Gasteiger partial charge in [-0.3, -0.25) is 0 Å². The molecule has 19 heavy (non-hydrogen) atoms. The van der Waals surface area contributed by atoms with Crippen molar-refractivity contribution < 1.29 is 4.79 Å². The first-order chi connectivity index (χ1) is 9.34. The summed E-state index contributed by atoms with van der Waals surface area (Å²) in [6, 6.07) is 18.6. The molecular weight excluding hydrogens is 234 g/mol. The van der Waals surface area contributed by atoms with Gasteiger partial charge < -0.3 is 0 Å². The topological polar surface area (TPSA) is 29.4 Å². The lowest BCUT2D eigenvalue weighted by Crippen LogP contribution is -2.31. The zero-order valence-electron chi connectivity index (χ0n) is 10.7. The Balaban J connectivity index is 2.03. The van der Waals surface area contributed by atoms with E-state index in [2.05, 4.69) is 35.3 Å². The predicted molar refractivity (Wildman–Crippen MR) is 75.5 cm³/mol. The van der Waals surface area contributed by atoms with E-state index in [1.165, 1.54) is 11.1 Å². The first-order valence-electron chi connectivity index (χ1n) is 6.59. The van der Waals surface area contributed by atoms with Crippen molar-refractivity contribution >= 4 is 6.08 Å². The van der Waals surface area contributed by atoms with Gasteiger partial charge in [-0.15, -0.1) is 0 Å². The molecule has 0 heterocycles. The van der Waals surface area contributed by atoms with E-state index < -0.39 is 0 Å². The monoisotopic (exact) mass is 249 g/mol. The van der Waals surface area contributed by atoms with E-state index in [9.17, 15) is 4.79 Å². The fraction of sp³-hybridized carbons (Fsp3) is 0.235. The van der Waals surface area contributed by atoms with Crippen molar-refractivity contribution in [3.8, 4) is 11.1 Å². The van der Waals surface area contributed by atoms with Crippen LogP contribution in [0.1, 0.15) is 24.8 Å². The van der Waals surface area contributed by atoms with Crippen LogP contribution >= 0.6 is 0 Å². The molecule has 1 aliphatic rings. The zero-order chi connectivity index (χ0) is 13.1. The van der Waals surface area contributed by atoms with E-state index in [4.69, 9.17) is 0 Å². The molecule has 1 aliphatic carbocycles. The van der Waals surface area contributed by atoms with Crippen LogP contribution in [0.4, 0.5) is 0 Å². The quantitative estimate of drug-likeness (QED) is 0.595. The molecule has 0 unspecified atom stereocenters. The summed E-state index contributed by atoms with van der Waals surface area (Å²) >= 11 is 0. The smallest absolute Gasteiger partial charge is 0.211 e. The van der Waals surface area contributed by atoms with Gasteiger partial charge in [0, 0.05) is 0 Å². The first-order valence-corrected chi connectivity index (χ1v) is 6.59. The number of isocyanates is 1. The molecule has 0 aromatic heterocycles. The Hall–Kier alpha value is -2.18. The highest BCUT2D eigenvalue weighted by atomic mass is 16.1. The van der Waals surface area contributed by atoms with Gasteiger partial charge in [0.1, 0.15) is 0 Å². The molecule has 94 valence electrons. The zero-order valence-corrected chi connectivity index (χ0v) is 10.7. The number of nitrogens with zero attached hydrogens (tertiary/aromatic N) is 1. The van der Waals surface area contributed by atoms with Crippen molar-refractivity contribution in [2.24, 2.45) is 4.99 Å². The van der Waals surface area contributed by atoms with Crippen LogP contribution in [0.2, 0.25) is 0 Å². The van der Waals surface area contributed by atoms with Gasteiger partial charge in [-0.05, 0) is 42.0 Å². The van der Waals surface area contributed by atoms with E-state index in [1.807, 2.05) is 24.3 Å². The van der Waals surface area contributed by atoms with Crippen LogP contribution in [0.5, 0.6) is 0 Å². The van der Waals surface area contributed by atoms with Crippen molar-refractivity contribution in [3.05, 3.63) is 60.2 Å². The molecule has 3 rings (SSSR count). The van der Waals surface area contributed by atoms with Crippen LogP contribution in [0, 0.1) is 0 Å². The maximum absolute atomic E-state index is 10.6. The Morgan fingerprint density at radius 1 is 0.947 bits per heavy atom. The highest BCUT2D eigenvalue weighted by Gasteiger charge is 2.38. The maximum Gasteiger partial charge on any atom is 0.235 e. The van der Waals surface area contributed by atoms with E-state index >= 15 is 0 Å². The van der Waals surface area contributed by atoms with Crippen molar-refractivity contribution in [1.82, 2.24) is 0 Å². The Bertz CT molecular complexity index is 623. The molecule has 2 aromatic rings. The molecule has 2 aromatic carbocycles. The largest absolute Gasteiger partial charge is 0.235 e. The second-order valence-electron chi connectivity index (χ2n) is 5.04. The van der Waals surface area contributed by atoms with Gasteiger partial charge in [-0.1, -0.05) is 48.5 Å². The second-order valence-corrected chi connectivity index (χ2v) is 5.04. The summed E-state index contributed by atoms with van der Waals surface area (Å²) in [5.74, 6) is 0. The summed E-state index contributed by atoms with van der Waals surface area (Å²) in [5.41, 5.74) is 3.18. The van der Waals surface area contributed by atoms with Crippen LogP contribution in [0.15, 0.2) is 59.6 Å². The van der Waals surface area contributed by atoms with E-state index in [1.54, 1.807) is 6.08 Å². The lowest BCUT2D eigenvalue weighted by Gasteiger charge is -2.37. The molecule has 0 spiro atoms. The number of hydrogen-bond donors (Lipinski definition) is 0. The predicted octanol–water partition coefficient (Wildman–Crippen LogP) is 4.07. The normalized spacial score (nSPS) is 16.2. The average molecular weight is 249 g/mol. The Morgan fingerprint density at radius 3 is 2.32 bits per heavy atom. The van der Waals surface area contributed by atoms with Gasteiger partial charge >= 0.3 is 0 Å². The molecule has 0 N–H and O–H groups in total. The number of benzene rings is 2. The molecule has 0 radical (unpaired) electrons. The van der Waals surface area contributed by atoms with Crippen LogP contribution in [-0.4, -0.2) is 6.08 Å². The summed E-state index contributed by atoms with van der Waals surface area (Å²) in [4.78, 5) is 14.7. The third-order valence-corrected chi connectivity index (χ3v) is 3.95. The molecule has 2 heteroatoms. The Kier molecular flexibility index (Phi) is 3.02. The highest BCUT2D eigenvalue weighted by Crippen LogP contribution is 2.45. The molecular formula is C17H15NO. The second kappa shape index (κ2) is 4.83. The Labute approximate surface area is 112 Å². The van der Waals surface area contributed by atoms with Gasteiger partial charge in [0.2, 0.25) is 6.08 Å². The van der Waals surface area contributed by atoms with Crippen molar-refractivity contribution in [2.45, 2.75) is 24.8 Å². The highest BCUT2D eigenvalue weighted by molar-refractivity contribution is 5.64. The van der Waals surface area contributed by atoms with Crippen LogP contribution < -0.4 is 0 Å². The minimum Gasteiger partial charge on any atom is -0.211 e. The van der Waals surface area contributed by atoms with E-state index in [0.717, 1.165) is 24.8 Å². The van der Waals surface area contributed by atoms with Gasteiger partial charge in [0.25, 0.3) is 0 Å². The summed E-state index contributed by atoms with van der Waals surface area (Å²) in [5, 5.41) is 0. The van der Waals surface area contributed by atoms with E-state index in [-0.39, 0.29) is 5.54 Å². The van der Waals surface area contributed by atoms with Crippen molar-refractivity contribution in [3.63, 3.8) is 0 Å². The molecule has 1 fully saturated rings. The number of aliphatic imine (C=N–C) groups is 1. The summed E-state index contributed by atoms with van der Waals surface area (Å²) < 4.78 is 0. The lowest BCUT2D eigenvalue weighted by molar-refractivity contribution is 0.256. The molecule has 0 saturated heterocycles. The summed E-state index contributed by atoms with van der Waals surface area (Å²) in [6.45, 7) is 0. The van der Waals surface area contributed by atoms with Crippen LogP contribution in [0.3, 0.4) is 0 Å². The minimum atomic E-state index is -0.313. The summed E-state index contributed by atoms with van der Waals surface area (Å²) in [7, 11) is 0. The number of hydrogen-bond acceptors (Lipinski definition) is 2. The third-order valence-electron chi connectivity index (χ3n) is 3.95. The number of carbonyl (C=O) groups excluding carboxylic acids is 1. The standard InChI is InChI=1S/C17H15NO/c19-13-18-17(10-5-11-17)16-9-4-8-15(12-16)14-6-2-1-3-7-14/h1-4,6-9,12H,5,10-11H2. The Morgan fingerprint density at radius 2 is 1.68 bits per heavy atom. The van der Waals surface area contributed by atoms with Gasteiger partial charge in [0.15, 0.2) is 0 Å². The maximum atomic E-state index is 10.6. The first kappa shape index (κ1) is 11.9. The lowest BCUT2D eigenvalue weighted by atomic mass is 9.72. The SMILES string of the molecule is O=C=NC1(c2cccc(-c3ccccc3)c2)CCC1. The third kappa shape index (κ3) is 2.11. The molecule has 0 amide bonds. The van der Waals surface area contributed by atoms with E-state index in [0.29, 0.717) is 0 Å². The molecule has 1 saturated carbocycles. The summed E-state index contributed by atoms with van der Waals surface area (Å²) in [6.07, 6.45) is 4.76.